The summed E-state index contributed by atoms with van der Waals surface area (Å²) in [5.74, 6) is 2.48. The van der Waals surface area contributed by atoms with Gasteiger partial charge in [-0.1, -0.05) is 12.5 Å². The molecule has 98 valence electrons. The van der Waals surface area contributed by atoms with Gasteiger partial charge in [-0.3, -0.25) is 0 Å². The fourth-order valence-electron chi connectivity index (χ4n) is 3.82. The van der Waals surface area contributed by atoms with E-state index in [0.717, 1.165) is 30.8 Å². The van der Waals surface area contributed by atoms with E-state index in [4.69, 9.17) is 9.47 Å². The van der Waals surface area contributed by atoms with Crippen molar-refractivity contribution in [1.82, 2.24) is 0 Å². The van der Waals surface area contributed by atoms with E-state index in [-0.39, 0.29) is 0 Å². The summed E-state index contributed by atoms with van der Waals surface area (Å²) in [7, 11) is 0. The summed E-state index contributed by atoms with van der Waals surface area (Å²) in [6.07, 6.45) is 10.4. The van der Waals surface area contributed by atoms with Crippen LogP contribution in [0.2, 0.25) is 0 Å². The van der Waals surface area contributed by atoms with Crippen molar-refractivity contribution in [3.05, 3.63) is 12.7 Å². The average Bonchev–Trinajstić information content (AvgIpc) is 2.75. The standard InChI is InChI=1S/C15H26O2/c1-3-6-12-9-10-13-7-5-8-14(15(12)13)17-11-16-4-2/h3,12-15H,1,4-11H2,2H3/t12-,13+,14+,15+/m0/s1. The monoisotopic (exact) mass is 238 g/mol. The number of ether oxygens (including phenoxy) is 2. The van der Waals surface area contributed by atoms with E-state index in [1.807, 2.05) is 6.92 Å². The second kappa shape index (κ2) is 6.55. The minimum atomic E-state index is 0.438. The second-order valence-electron chi connectivity index (χ2n) is 5.45. The highest BCUT2D eigenvalue weighted by Crippen LogP contribution is 2.48. The van der Waals surface area contributed by atoms with E-state index >= 15 is 0 Å². The quantitative estimate of drug-likeness (QED) is 0.398. The Hall–Kier alpha value is -0.340. The van der Waals surface area contributed by atoms with Crippen LogP contribution in [0.5, 0.6) is 0 Å². The molecule has 0 aromatic rings. The maximum Gasteiger partial charge on any atom is 0.147 e. The van der Waals surface area contributed by atoms with E-state index in [2.05, 4.69) is 12.7 Å². The minimum Gasteiger partial charge on any atom is -0.356 e. The normalized spacial score (nSPS) is 36.8. The third kappa shape index (κ3) is 3.11. The molecule has 0 aromatic carbocycles. The van der Waals surface area contributed by atoms with Gasteiger partial charge in [-0.05, 0) is 56.8 Å². The molecule has 0 aliphatic heterocycles. The Labute approximate surface area is 105 Å². The molecule has 0 saturated heterocycles. The number of allylic oxidation sites excluding steroid dienone is 1. The first-order valence-electron chi connectivity index (χ1n) is 7.17. The lowest BCUT2D eigenvalue weighted by molar-refractivity contribution is -0.125. The molecule has 0 unspecified atom stereocenters. The van der Waals surface area contributed by atoms with Gasteiger partial charge in [0.2, 0.25) is 0 Å². The molecule has 0 heterocycles. The maximum absolute atomic E-state index is 5.96. The zero-order valence-corrected chi connectivity index (χ0v) is 11.1. The van der Waals surface area contributed by atoms with Crippen LogP contribution < -0.4 is 0 Å². The average molecular weight is 238 g/mol. The highest BCUT2D eigenvalue weighted by Gasteiger charge is 2.42. The second-order valence-corrected chi connectivity index (χ2v) is 5.45. The van der Waals surface area contributed by atoms with Crippen molar-refractivity contribution in [3.63, 3.8) is 0 Å². The Balaban J connectivity index is 1.91. The lowest BCUT2D eigenvalue weighted by atomic mass is 9.75. The van der Waals surface area contributed by atoms with Gasteiger partial charge in [0.15, 0.2) is 0 Å². The van der Waals surface area contributed by atoms with Gasteiger partial charge in [0, 0.05) is 6.61 Å². The fourth-order valence-corrected chi connectivity index (χ4v) is 3.82. The van der Waals surface area contributed by atoms with Gasteiger partial charge >= 0.3 is 0 Å². The first-order valence-corrected chi connectivity index (χ1v) is 7.17. The fraction of sp³-hybridized carbons (Fsp3) is 0.867. The van der Waals surface area contributed by atoms with Crippen LogP contribution in [0.3, 0.4) is 0 Å². The predicted octanol–water partition coefficient (Wildman–Crippen LogP) is 3.77. The van der Waals surface area contributed by atoms with E-state index in [1.54, 1.807) is 0 Å². The molecule has 0 radical (unpaired) electrons. The highest BCUT2D eigenvalue weighted by molar-refractivity contribution is 4.94. The lowest BCUT2D eigenvalue weighted by Crippen LogP contribution is -2.35. The molecule has 0 N–H and O–H groups in total. The van der Waals surface area contributed by atoms with E-state index < -0.39 is 0 Å². The summed E-state index contributed by atoms with van der Waals surface area (Å²) in [6, 6.07) is 0. The Morgan fingerprint density at radius 2 is 2.12 bits per heavy atom. The van der Waals surface area contributed by atoms with E-state index in [1.165, 1.54) is 32.1 Å². The molecule has 2 aliphatic carbocycles. The van der Waals surface area contributed by atoms with Gasteiger partial charge < -0.3 is 9.47 Å². The van der Waals surface area contributed by atoms with Crippen molar-refractivity contribution in [2.45, 2.75) is 51.6 Å². The van der Waals surface area contributed by atoms with Crippen molar-refractivity contribution in [2.75, 3.05) is 13.4 Å². The van der Waals surface area contributed by atoms with Gasteiger partial charge in [0.1, 0.15) is 6.79 Å². The van der Waals surface area contributed by atoms with Crippen LogP contribution in [-0.2, 0) is 9.47 Å². The van der Waals surface area contributed by atoms with Gasteiger partial charge in [-0.15, -0.1) is 6.58 Å². The molecular weight excluding hydrogens is 212 g/mol. The molecule has 0 spiro atoms. The van der Waals surface area contributed by atoms with Crippen molar-refractivity contribution in [3.8, 4) is 0 Å². The zero-order valence-electron chi connectivity index (χ0n) is 11.1. The molecule has 2 saturated carbocycles. The van der Waals surface area contributed by atoms with E-state index in [0.29, 0.717) is 12.9 Å². The molecule has 2 fully saturated rings. The van der Waals surface area contributed by atoms with Crippen LogP contribution in [0.25, 0.3) is 0 Å². The molecule has 0 amide bonds. The first-order chi connectivity index (χ1) is 8.36. The largest absolute Gasteiger partial charge is 0.356 e. The lowest BCUT2D eigenvalue weighted by Gasteiger charge is -2.36. The van der Waals surface area contributed by atoms with Crippen LogP contribution >= 0.6 is 0 Å². The summed E-state index contributed by atoms with van der Waals surface area (Å²) in [4.78, 5) is 0. The van der Waals surface area contributed by atoms with Crippen molar-refractivity contribution >= 4 is 0 Å². The van der Waals surface area contributed by atoms with Crippen molar-refractivity contribution in [2.24, 2.45) is 17.8 Å². The number of fused-ring (bicyclic) bond motifs is 1. The first kappa shape index (κ1) is 13.1. The zero-order chi connectivity index (χ0) is 12.1. The minimum absolute atomic E-state index is 0.438. The molecular formula is C15H26O2. The Morgan fingerprint density at radius 3 is 2.88 bits per heavy atom. The molecule has 2 rings (SSSR count). The third-order valence-corrected chi connectivity index (χ3v) is 4.53. The maximum atomic E-state index is 5.96. The summed E-state index contributed by atoms with van der Waals surface area (Å²) in [6.45, 7) is 7.14. The molecule has 2 aliphatic rings. The van der Waals surface area contributed by atoms with E-state index in [9.17, 15) is 0 Å². The van der Waals surface area contributed by atoms with Crippen molar-refractivity contribution in [1.29, 1.82) is 0 Å². The summed E-state index contributed by atoms with van der Waals surface area (Å²) in [5.41, 5.74) is 0. The molecule has 0 aromatic heterocycles. The van der Waals surface area contributed by atoms with Crippen LogP contribution in [0, 0.1) is 17.8 Å². The molecule has 0 bridgehead atoms. The Kier molecular flexibility index (Phi) is 5.05. The van der Waals surface area contributed by atoms with Crippen LogP contribution in [0.15, 0.2) is 12.7 Å². The number of hydrogen-bond donors (Lipinski definition) is 0. The third-order valence-electron chi connectivity index (χ3n) is 4.53. The van der Waals surface area contributed by atoms with Crippen LogP contribution in [-0.4, -0.2) is 19.5 Å². The van der Waals surface area contributed by atoms with Gasteiger partial charge in [0.05, 0.1) is 6.10 Å². The number of rotatable bonds is 6. The molecule has 17 heavy (non-hydrogen) atoms. The Morgan fingerprint density at radius 1 is 1.24 bits per heavy atom. The predicted molar refractivity (Wildman–Crippen MR) is 69.7 cm³/mol. The smallest absolute Gasteiger partial charge is 0.147 e. The van der Waals surface area contributed by atoms with Gasteiger partial charge in [0.25, 0.3) is 0 Å². The van der Waals surface area contributed by atoms with Gasteiger partial charge in [-0.25, -0.2) is 0 Å². The molecule has 2 heteroatoms. The van der Waals surface area contributed by atoms with Gasteiger partial charge in [-0.2, -0.15) is 0 Å². The topological polar surface area (TPSA) is 18.5 Å². The number of hydrogen-bond acceptors (Lipinski definition) is 2. The molecule has 2 nitrogen and oxygen atoms in total. The molecule has 4 atom stereocenters. The highest BCUT2D eigenvalue weighted by atomic mass is 16.7. The Bertz CT molecular complexity index is 239. The van der Waals surface area contributed by atoms with Crippen LogP contribution in [0.1, 0.15) is 45.4 Å². The van der Waals surface area contributed by atoms with Crippen molar-refractivity contribution < 1.29 is 9.47 Å². The van der Waals surface area contributed by atoms with Crippen LogP contribution in [0.4, 0.5) is 0 Å². The summed E-state index contributed by atoms with van der Waals surface area (Å²) >= 11 is 0. The SMILES string of the molecule is C=CC[C@H]1CC[C@H]2CCC[C@@H](OCOCC)[C@@H]21. The summed E-state index contributed by atoms with van der Waals surface area (Å²) in [5, 5.41) is 0. The summed E-state index contributed by atoms with van der Waals surface area (Å²) < 4.78 is 11.3.